The van der Waals surface area contributed by atoms with Gasteiger partial charge in [0.15, 0.2) is 11.0 Å². The molecule has 0 atom stereocenters. The summed E-state index contributed by atoms with van der Waals surface area (Å²) in [5, 5.41) is 22.5. The van der Waals surface area contributed by atoms with Gasteiger partial charge in [-0.25, -0.2) is 0 Å². The summed E-state index contributed by atoms with van der Waals surface area (Å²) in [7, 11) is 0. The number of hydrogen-bond donors (Lipinski definition) is 1. The van der Waals surface area contributed by atoms with Gasteiger partial charge in [-0.05, 0) is 43.4 Å². The van der Waals surface area contributed by atoms with E-state index in [9.17, 15) is 10.1 Å². The van der Waals surface area contributed by atoms with E-state index in [1.54, 1.807) is 23.6 Å². The van der Waals surface area contributed by atoms with Gasteiger partial charge in [0, 0.05) is 17.6 Å². The highest BCUT2D eigenvalue weighted by Crippen LogP contribution is 2.36. The number of carbonyl (C=O) groups is 1. The van der Waals surface area contributed by atoms with Gasteiger partial charge in [-0.15, -0.1) is 28.1 Å². The van der Waals surface area contributed by atoms with Crippen molar-refractivity contribution in [1.82, 2.24) is 19.7 Å². The Morgan fingerprint density at radius 3 is 2.88 bits per heavy atom. The molecule has 1 aliphatic rings. The normalized spacial score (nSPS) is 13.5. The number of pyridine rings is 1. The van der Waals surface area contributed by atoms with Gasteiger partial charge in [-0.2, -0.15) is 5.26 Å². The van der Waals surface area contributed by atoms with Gasteiger partial charge in [-0.3, -0.25) is 14.3 Å². The number of allylic oxidation sites excluding steroid dienone is 1. The molecule has 0 aromatic carbocycles. The van der Waals surface area contributed by atoms with Crippen LogP contribution in [-0.2, 0) is 24.2 Å². The third kappa shape index (κ3) is 4.92. The average molecular weight is 465 g/mol. The van der Waals surface area contributed by atoms with Crippen molar-refractivity contribution >= 4 is 34.0 Å². The Labute approximate surface area is 195 Å². The van der Waals surface area contributed by atoms with Gasteiger partial charge in [0.2, 0.25) is 5.91 Å². The predicted molar refractivity (Wildman–Crippen MR) is 128 cm³/mol. The van der Waals surface area contributed by atoms with Crippen LogP contribution >= 0.6 is 23.1 Å². The van der Waals surface area contributed by atoms with Crippen LogP contribution in [0.1, 0.15) is 41.7 Å². The molecular formula is C23H24N6OS2. The first-order chi connectivity index (χ1) is 15.7. The number of aryl methyl sites for hydroxylation is 1. The summed E-state index contributed by atoms with van der Waals surface area (Å²) >= 11 is 2.86. The fraction of sp³-hybridized carbons (Fsp3) is 0.348. The molecule has 1 aliphatic carbocycles. The highest BCUT2D eigenvalue weighted by molar-refractivity contribution is 7.99. The van der Waals surface area contributed by atoms with E-state index in [-0.39, 0.29) is 11.7 Å². The molecule has 3 aromatic heterocycles. The first kappa shape index (κ1) is 22.2. The lowest BCUT2D eigenvalue weighted by Crippen LogP contribution is -2.14. The number of nitriles is 1. The number of amides is 1. The molecule has 3 aromatic rings. The molecule has 4 rings (SSSR count). The van der Waals surface area contributed by atoms with Gasteiger partial charge in [0.25, 0.3) is 0 Å². The number of rotatable bonds is 7. The first-order valence-corrected chi connectivity index (χ1v) is 12.4. The molecule has 0 saturated carbocycles. The van der Waals surface area contributed by atoms with Crippen LogP contribution in [0.4, 0.5) is 5.00 Å². The van der Waals surface area contributed by atoms with Crippen molar-refractivity contribution in [3.05, 3.63) is 53.1 Å². The smallest absolute Gasteiger partial charge is 0.235 e. The number of anilines is 1. The summed E-state index contributed by atoms with van der Waals surface area (Å²) in [6.45, 7) is 4.33. The molecule has 0 bridgehead atoms. The van der Waals surface area contributed by atoms with Crippen LogP contribution < -0.4 is 5.32 Å². The minimum absolute atomic E-state index is 0.159. The summed E-state index contributed by atoms with van der Waals surface area (Å²) in [6.07, 6.45) is 10.0. The Kier molecular flexibility index (Phi) is 7.35. The average Bonchev–Trinajstić information content (AvgIpc) is 3.33. The lowest BCUT2D eigenvalue weighted by molar-refractivity contribution is -0.113. The monoisotopic (exact) mass is 464 g/mol. The second-order valence-electron chi connectivity index (χ2n) is 7.49. The second kappa shape index (κ2) is 10.6. The summed E-state index contributed by atoms with van der Waals surface area (Å²) in [6, 6.07) is 7.94. The van der Waals surface area contributed by atoms with Gasteiger partial charge < -0.3 is 5.32 Å². The summed E-state index contributed by atoms with van der Waals surface area (Å²) in [5.74, 6) is 0.650. The number of hydrogen-bond acceptors (Lipinski definition) is 7. The van der Waals surface area contributed by atoms with Crippen molar-refractivity contribution in [3.8, 4) is 17.6 Å². The van der Waals surface area contributed by atoms with Crippen LogP contribution in [-0.4, -0.2) is 31.4 Å². The predicted octanol–water partition coefficient (Wildman–Crippen LogP) is 4.85. The maximum absolute atomic E-state index is 12.7. The Morgan fingerprint density at radius 2 is 2.12 bits per heavy atom. The van der Waals surface area contributed by atoms with Crippen LogP contribution in [0.5, 0.6) is 0 Å². The quantitative estimate of drug-likeness (QED) is 0.397. The van der Waals surface area contributed by atoms with E-state index < -0.39 is 0 Å². The van der Waals surface area contributed by atoms with Gasteiger partial charge in [0.1, 0.15) is 16.8 Å². The molecule has 32 heavy (non-hydrogen) atoms. The summed E-state index contributed by atoms with van der Waals surface area (Å²) in [5.41, 5.74) is 2.48. The second-order valence-corrected chi connectivity index (χ2v) is 9.54. The Morgan fingerprint density at radius 1 is 1.28 bits per heavy atom. The Bertz CT molecular complexity index is 1150. The molecule has 0 saturated heterocycles. The van der Waals surface area contributed by atoms with Crippen molar-refractivity contribution in [2.45, 2.75) is 50.2 Å². The zero-order valence-corrected chi connectivity index (χ0v) is 19.3. The van der Waals surface area contributed by atoms with Crippen LogP contribution in [0, 0.1) is 11.3 Å². The molecule has 1 N–H and O–H groups in total. The van der Waals surface area contributed by atoms with Crippen LogP contribution in [0.3, 0.4) is 0 Å². The SMILES string of the molecule is C=CCn1c(SCC(=O)Nc2sc3c(c2C#N)CCCCCC3)nnc1-c1ccccn1. The third-order valence-electron chi connectivity index (χ3n) is 5.29. The van der Waals surface area contributed by atoms with E-state index in [0.717, 1.165) is 31.2 Å². The number of nitrogens with one attached hydrogen (secondary N) is 1. The van der Waals surface area contributed by atoms with Gasteiger partial charge in [0.05, 0.1) is 11.3 Å². The zero-order chi connectivity index (χ0) is 22.3. The minimum Gasteiger partial charge on any atom is -0.316 e. The van der Waals surface area contributed by atoms with E-state index >= 15 is 0 Å². The highest BCUT2D eigenvalue weighted by atomic mass is 32.2. The van der Waals surface area contributed by atoms with Crippen molar-refractivity contribution in [2.24, 2.45) is 0 Å². The Balaban J connectivity index is 1.47. The summed E-state index contributed by atoms with van der Waals surface area (Å²) < 4.78 is 1.89. The van der Waals surface area contributed by atoms with Crippen molar-refractivity contribution in [2.75, 3.05) is 11.1 Å². The molecule has 0 aliphatic heterocycles. The molecule has 7 nitrogen and oxygen atoms in total. The topological polar surface area (TPSA) is 96.5 Å². The lowest BCUT2D eigenvalue weighted by Gasteiger charge is -2.08. The highest BCUT2D eigenvalue weighted by Gasteiger charge is 2.21. The lowest BCUT2D eigenvalue weighted by atomic mass is 9.97. The fourth-order valence-electron chi connectivity index (χ4n) is 3.79. The standard InChI is InChI=1S/C23H24N6OS2/c1-2-13-29-21(18-10-7-8-12-25-18)27-28-23(29)31-15-20(30)26-22-17(14-24)16-9-5-3-4-6-11-19(16)32-22/h2,7-8,10,12H,1,3-6,9,11,13,15H2,(H,26,30). The summed E-state index contributed by atoms with van der Waals surface area (Å²) in [4.78, 5) is 18.3. The largest absolute Gasteiger partial charge is 0.316 e. The zero-order valence-electron chi connectivity index (χ0n) is 17.7. The molecule has 1 amide bonds. The molecule has 0 fully saturated rings. The van der Waals surface area contributed by atoms with E-state index in [4.69, 9.17) is 0 Å². The molecule has 164 valence electrons. The number of nitrogens with zero attached hydrogens (tertiary/aromatic N) is 5. The maximum Gasteiger partial charge on any atom is 0.235 e. The maximum atomic E-state index is 12.7. The van der Waals surface area contributed by atoms with Crippen molar-refractivity contribution in [3.63, 3.8) is 0 Å². The van der Waals surface area contributed by atoms with Crippen LogP contribution in [0.25, 0.3) is 11.5 Å². The van der Waals surface area contributed by atoms with Crippen molar-refractivity contribution in [1.29, 1.82) is 5.26 Å². The van der Waals surface area contributed by atoms with Crippen molar-refractivity contribution < 1.29 is 4.79 Å². The number of aromatic nitrogens is 4. The molecule has 0 unspecified atom stereocenters. The van der Waals surface area contributed by atoms with Crippen LogP contribution in [0.15, 0.2) is 42.2 Å². The van der Waals surface area contributed by atoms with E-state index in [1.807, 2.05) is 22.8 Å². The van der Waals surface area contributed by atoms with E-state index in [0.29, 0.717) is 33.8 Å². The van der Waals surface area contributed by atoms with E-state index in [2.05, 4.69) is 33.1 Å². The number of fused-ring (bicyclic) bond motifs is 1. The third-order valence-corrected chi connectivity index (χ3v) is 7.46. The van der Waals surface area contributed by atoms with Crippen LogP contribution in [0.2, 0.25) is 0 Å². The molecule has 9 heteroatoms. The Hall–Kier alpha value is -2.96. The van der Waals surface area contributed by atoms with Gasteiger partial charge >= 0.3 is 0 Å². The van der Waals surface area contributed by atoms with Gasteiger partial charge in [-0.1, -0.05) is 36.7 Å². The number of carbonyl (C=O) groups excluding carboxylic acids is 1. The molecule has 0 radical (unpaired) electrons. The fourth-order valence-corrected chi connectivity index (χ4v) is 5.80. The first-order valence-electron chi connectivity index (χ1n) is 10.6. The molecular weight excluding hydrogens is 440 g/mol. The minimum atomic E-state index is -0.159. The molecule has 0 spiro atoms. The molecule has 3 heterocycles. The van der Waals surface area contributed by atoms with E-state index in [1.165, 1.54) is 29.5 Å². The number of thioether (sulfide) groups is 1. The number of thiophene rings is 1.